The van der Waals surface area contributed by atoms with Crippen molar-refractivity contribution in [2.24, 2.45) is 5.73 Å². The molecule has 0 unspecified atom stereocenters. The number of hydrogen-bond donors (Lipinski definition) is 3. The van der Waals surface area contributed by atoms with Crippen LogP contribution in [0.15, 0.2) is 107 Å². The van der Waals surface area contributed by atoms with Gasteiger partial charge in [-0.1, -0.05) is 84.9 Å². The first-order valence-electron chi connectivity index (χ1n) is 9.68. The van der Waals surface area contributed by atoms with Gasteiger partial charge in [0.25, 0.3) is 0 Å². The van der Waals surface area contributed by atoms with Crippen molar-refractivity contribution in [1.82, 2.24) is 0 Å². The molecule has 1 amide bonds. The SMILES string of the molecule is N=C([O-])c1ccccc1-c1ccccc1[S-].NC(=O)c1ccccc1-c1ccccc1S.[Zn+2]. The van der Waals surface area contributed by atoms with Gasteiger partial charge in [0.2, 0.25) is 5.91 Å². The fourth-order valence-corrected chi connectivity index (χ4v) is 3.78. The van der Waals surface area contributed by atoms with E-state index in [1.807, 2.05) is 72.8 Å². The molecule has 160 valence electrons. The molecular formula is C26H20N2O2S2Zn. The molecule has 0 radical (unpaired) electrons. The summed E-state index contributed by atoms with van der Waals surface area (Å²) < 4.78 is 0. The minimum Gasteiger partial charge on any atom is -0.859 e. The Morgan fingerprint density at radius 2 is 1.15 bits per heavy atom. The molecule has 3 N–H and O–H groups in total. The van der Waals surface area contributed by atoms with E-state index in [2.05, 4.69) is 12.6 Å². The zero-order valence-electron chi connectivity index (χ0n) is 17.7. The fraction of sp³-hybridized carbons (Fsp3) is 0. The molecule has 0 aliphatic heterocycles. The minimum absolute atomic E-state index is 0. The topological polar surface area (TPSA) is 90.0 Å². The standard InChI is InChI=1S/2C13H11NOS.Zn/c2*14-13(15)11-7-2-1-5-9(11)10-6-3-4-8-12(10)16;/h2*1-8,16H,(H2,14,15);/q;;+2/p-2. The van der Waals surface area contributed by atoms with Crippen molar-refractivity contribution >= 4 is 37.1 Å². The third-order valence-electron chi connectivity index (χ3n) is 4.74. The summed E-state index contributed by atoms with van der Waals surface area (Å²) >= 11 is 9.58. The molecule has 0 fully saturated rings. The van der Waals surface area contributed by atoms with Crippen LogP contribution < -0.4 is 10.8 Å². The van der Waals surface area contributed by atoms with E-state index in [4.69, 9.17) is 23.8 Å². The van der Waals surface area contributed by atoms with Crippen molar-refractivity contribution in [2.45, 2.75) is 9.79 Å². The monoisotopic (exact) mass is 520 g/mol. The molecule has 0 aromatic heterocycles. The molecule has 4 aromatic rings. The Morgan fingerprint density at radius 1 is 0.727 bits per heavy atom. The Morgan fingerprint density at radius 3 is 1.67 bits per heavy atom. The van der Waals surface area contributed by atoms with Crippen LogP contribution in [0.3, 0.4) is 0 Å². The molecule has 33 heavy (non-hydrogen) atoms. The number of nitrogens with two attached hydrogens (primary N) is 1. The Labute approximate surface area is 217 Å². The third-order valence-corrected chi connectivity index (χ3v) is 5.48. The Hall–Kier alpha value is -2.99. The molecule has 0 aliphatic rings. The smallest absolute Gasteiger partial charge is 0.859 e. The second kappa shape index (κ2) is 12.3. The van der Waals surface area contributed by atoms with Gasteiger partial charge >= 0.3 is 19.5 Å². The van der Waals surface area contributed by atoms with Gasteiger partial charge in [0.1, 0.15) is 0 Å². The summed E-state index contributed by atoms with van der Waals surface area (Å²) in [5.74, 6) is -1.11. The third kappa shape index (κ3) is 6.51. The number of carbonyl (C=O) groups is 1. The van der Waals surface area contributed by atoms with Crippen LogP contribution in [0.1, 0.15) is 15.9 Å². The zero-order valence-corrected chi connectivity index (χ0v) is 22.4. The molecule has 0 heterocycles. The summed E-state index contributed by atoms with van der Waals surface area (Å²) in [6, 6.07) is 29.3. The summed E-state index contributed by atoms with van der Waals surface area (Å²) in [6.45, 7) is 0. The first-order chi connectivity index (χ1) is 15.4. The van der Waals surface area contributed by atoms with Crippen LogP contribution in [0.5, 0.6) is 0 Å². The van der Waals surface area contributed by atoms with Crippen molar-refractivity contribution in [3.05, 3.63) is 108 Å². The Kier molecular flexibility index (Phi) is 9.80. The van der Waals surface area contributed by atoms with Gasteiger partial charge in [-0.05, 0) is 45.8 Å². The first-order valence-corrected chi connectivity index (χ1v) is 10.5. The van der Waals surface area contributed by atoms with Crippen LogP contribution in [0.4, 0.5) is 0 Å². The summed E-state index contributed by atoms with van der Waals surface area (Å²) in [7, 11) is 0. The van der Waals surface area contributed by atoms with Crippen LogP contribution >= 0.6 is 12.6 Å². The Balaban J connectivity index is 0.000000227. The van der Waals surface area contributed by atoms with Crippen molar-refractivity contribution in [3.63, 3.8) is 0 Å². The van der Waals surface area contributed by atoms with Crippen molar-refractivity contribution in [2.75, 3.05) is 0 Å². The van der Waals surface area contributed by atoms with Gasteiger partial charge in [-0.15, -0.1) is 12.6 Å². The number of hydrogen-bond acceptors (Lipinski definition) is 5. The summed E-state index contributed by atoms with van der Waals surface area (Å²) in [5, 5.41) is 18.4. The Bertz CT molecular complexity index is 1180. The molecule has 7 heteroatoms. The van der Waals surface area contributed by atoms with E-state index < -0.39 is 11.8 Å². The van der Waals surface area contributed by atoms with Crippen LogP contribution in [0.25, 0.3) is 22.3 Å². The summed E-state index contributed by atoms with van der Waals surface area (Å²) in [6.07, 6.45) is 0. The number of benzene rings is 4. The maximum absolute atomic E-state index is 11.3. The molecule has 0 atom stereocenters. The molecule has 0 saturated carbocycles. The second-order valence-corrected chi connectivity index (χ2v) is 7.72. The van der Waals surface area contributed by atoms with E-state index in [0.717, 1.165) is 27.1 Å². The van der Waals surface area contributed by atoms with Crippen LogP contribution in [-0.4, -0.2) is 11.8 Å². The zero-order chi connectivity index (χ0) is 23.1. The molecule has 4 aromatic carbocycles. The van der Waals surface area contributed by atoms with E-state index in [0.29, 0.717) is 16.0 Å². The number of thiol groups is 1. The van der Waals surface area contributed by atoms with Gasteiger partial charge in [0.15, 0.2) is 0 Å². The molecule has 4 rings (SSSR count). The van der Waals surface area contributed by atoms with E-state index in [1.165, 1.54) is 0 Å². The van der Waals surface area contributed by atoms with Gasteiger partial charge in [-0.25, -0.2) is 0 Å². The first kappa shape index (κ1) is 26.3. The van der Waals surface area contributed by atoms with Gasteiger partial charge in [0.05, 0.1) is 0 Å². The largest absolute Gasteiger partial charge is 2.00 e. The average molecular weight is 522 g/mol. The molecule has 0 saturated heterocycles. The van der Waals surface area contributed by atoms with Gasteiger partial charge in [-0.2, -0.15) is 4.90 Å². The maximum Gasteiger partial charge on any atom is 2.00 e. The summed E-state index contributed by atoms with van der Waals surface area (Å²) in [4.78, 5) is 12.8. The van der Waals surface area contributed by atoms with E-state index in [1.54, 1.807) is 24.3 Å². The quantitative estimate of drug-likeness (QED) is 0.120. The number of nitrogens with one attached hydrogen (secondary N) is 1. The molecule has 0 spiro atoms. The van der Waals surface area contributed by atoms with E-state index in [-0.39, 0.29) is 19.5 Å². The molecule has 4 nitrogen and oxygen atoms in total. The minimum atomic E-state index is -0.686. The van der Waals surface area contributed by atoms with Crippen molar-refractivity contribution in [1.29, 1.82) is 5.41 Å². The molecule has 0 aliphatic carbocycles. The van der Waals surface area contributed by atoms with E-state index in [9.17, 15) is 9.90 Å². The van der Waals surface area contributed by atoms with Crippen LogP contribution in [-0.2, 0) is 32.1 Å². The van der Waals surface area contributed by atoms with Crippen molar-refractivity contribution < 1.29 is 29.4 Å². The molecule has 0 bridgehead atoms. The number of carbonyl (C=O) groups excluding carboxylic acids is 1. The maximum atomic E-state index is 11.3. The average Bonchev–Trinajstić information content (AvgIpc) is 2.80. The van der Waals surface area contributed by atoms with Gasteiger partial charge < -0.3 is 28.9 Å². The van der Waals surface area contributed by atoms with Gasteiger partial charge in [0, 0.05) is 10.5 Å². The van der Waals surface area contributed by atoms with Crippen LogP contribution in [0.2, 0.25) is 0 Å². The number of amides is 1. The van der Waals surface area contributed by atoms with Crippen molar-refractivity contribution in [3.8, 4) is 22.3 Å². The summed E-state index contributed by atoms with van der Waals surface area (Å²) in [5.41, 5.74) is 9.54. The predicted molar refractivity (Wildman–Crippen MR) is 132 cm³/mol. The van der Waals surface area contributed by atoms with Gasteiger partial charge in [-0.3, -0.25) is 4.79 Å². The molecular weight excluding hydrogens is 502 g/mol. The van der Waals surface area contributed by atoms with Crippen LogP contribution in [0, 0.1) is 5.41 Å². The normalized spacial score (nSPS) is 9.73. The number of primary amides is 1. The predicted octanol–water partition coefficient (Wildman–Crippen LogP) is 4.68. The fourth-order valence-electron chi connectivity index (χ4n) is 3.24. The second-order valence-electron chi connectivity index (χ2n) is 6.80. The van der Waals surface area contributed by atoms with E-state index >= 15 is 0 Å². The number of rotatable bonds is 4.